The van der Waals surface area contributed by atoms with E-state index in [1.807, 2.05) is 31.7 Å². The van der Waals surface area contributed by atoms with Gasteiger partial charge in [0.05, 0.1) is 23.9 Å². The lowest BCUT2D eigenvalue weighted by Gasteiger charge is -2.37. The Morgan fingerprint density at radius 1 is 1.24 bits per heavy atom. The van der Waals surface area contributed by atoms with Crippen LogP contribution in [0.5, 0.6) is 0 Å². The predicted octanol–water partition coefficient (Wildman–Crippen LogP) is 4.10. The van der Waals surface area contributed by atoms with Crippen molar-refractivity contribution in [3.8, 4) is 0 Å². The van der Waals surface area contributed by atoms with E-state index in [0.717, 1.165) is 24.3 Å². The molecule has 156 valence electrons. The van der Waals surface area contributed by atoms with Crippen molar-refractivity contribution in [2.75, 3.05) is 29.9 Å². The van der Waals surface area contributed by atoms with Gasteiger partial charge < -0.3 is 24.4 Å². The summed E-state index contributed by atoms with van der Waals surface area (Å²) in [7, 11) is 0. The van der Waals surface area contributed by atoms with E-state index in [-0.39, 0.29) is 30.1 Å². The molecule has 0 aliphatic carbocycles. The number of amides is 2. The first-order chi connectivity index (χ1) is 13.9. The molecule has 4 rings (SSSR count). The van der Waals surface area contributed by atoms with Crippen LogP contribution in [0.25, 0.3) is 0 Å². The molecule has 0 bridgehead atoms. The molecule has 3 atom stereocenters. The van der Waals surface area contributed by atoms with E-state index in [1.54, 1.807) is 17.0 Å². The van der Waals surface area contributed by atoms with Gasteiger partial charge in [-0.2, -0.15) is 0 Å². The summed E-state index contributed by atoms with van der Waals surface area (Å²) in [4.78, 5) is 16.5. The van der Waals surface area contributed by atoms with Crippen LogP contribution in [0.15, 0.2) is 28.8 Å². The fourth-order valence-electron chi connectivity index (χ4n) is 4.27. The lowest BCUT2D eigenvalue weighted by Crippen LogP contribution is -2.45. The zero-order chi connectivity index (χ0) is 20.5. The van der Waals surface area contributed by atoms with Gasteiger partial charge in [-0.15, -0.1) is 0 Å². The second-order valence-corrected chi connectivity index (χ2v) is 7.97. The first kappa shape index (κ1) is 19.7. The molecule has 0 spiro atoms. The van der Waals surface area contributed by atoms with Crippen molar-refractivity contribution in [3.05, 3.63) is 41.5 Å². The smallest absolute Gasteiger partial charge is 0.322 e. The molecule has 2 aromatic rings. The van der Waals surface area contributed by atoms with Gasteiger partial charge >= 0.3 is 6.03 Å². The molecule has 0 radical (unpaired) electrons. The monoisotopic (exact) mass is 402 g/mol. The average Bonchev–Trinajstić information content (AvgIpc) is 3.29. The second kappa shape index (κ2) is 8.02. The highest BCUT2D eigenvalue weighted by Gasteiger charge is 2.32. The molecule has 0 unspecified atom stereocenters. The Balaban J connectivity index is 1.45. The van der Waals surface area contributed by atoms with Crippen LogP contribution in [-0.2, 0) is 4.74 Å². The molecule has 2 aliphatic rings. The second-order valence-electron chi connectivity index (χ2n) is 7.97. The Morgan fingerprint density at radius 2 is 2.00 bits per heavy atom. The summed E-state index contributed by atoms with van der Waals surface area (Å²) in [5.74, 6) is 0.367. The molecule has 2 saturated heterocycles. The van der Waals surface area contributed by atoms with E-state index in [1.165, 1.54) is 6.07 Å². The molecule has 2 aliphatic heterocycles. The van der Waals surface area contributed by atoms with Crippen molar-refractivity contribution in [1.29, 1.82) is 0 Å². The molecule has 2 fully saturated rings. The van der Waals surface area contributed by atoms with Crippen LogP contribution in [-0.4, -0.2) is 47.9 Å². The predicted molar refractivity (Wildman–Crippen MR) is 108 cm³/mol. The van der Waals surface area contributed by atoms with Crippen LogP contribution >= 0.6 is 0 Å². The largest absolute Gasteiger partial charge is 0.372 e. The van der Waals surface area contributed by atoms with E-state index in [4.69, 9.17) is 9.26 Å². The van der Waals surface area contributed by atoms with E-state index >= 15 is 0 Å². The molecule has 29 heavy (non-hydrogen) atoms. The summed E-state index contributed by atoms with van der Waals surface area (Å²) in [6.07, 6.45) is 1.82. The Kier molecular flexibility index (Phi) is 5.45. The number of carbonyl (C=O) groups is 1. The number of rotatable bonds is 3. The van der Waals surface area contributed by atoms with Crippen molar-refractivity contribution >= 4 is 17.4 Å². The number of nitrogens with zero attached hydrogens (tertiary/aromatic N) is 3. The number of nitrogens with one attached hydrogen (secondary N) is 1. The van der Waals surface area contributed by atoms with Gasteiger partial charge in [-0.3, -0.25) is 0 Å². The molecular formula is C21H27FN4O3. The van der Waals surface area contributed by atoms with Crippen LogP contribution in [0.3, 0.4) is 0 Å². The number of benzene rings is 1. The summed E-state index contributed by atoms with van der Waals surface area (Å²) in [5, 5.41) is 6.88. The van der Waals surface area contributed by atoms with Crippen molar-refractivity contribution in [2.45, 2.75) is 51.9 Å². The Morgan fingerprint density at radius 3 is 2.66 bits per heavy atom. The number of carbonyl (C=O) groups excluding carboxylic acids is 1. The number of urea groups is 1. The van der Waals surface area contributed by atoms with Gasteiger partial charge in [0.25, 0.3) is 0 Å². The molecule has 7 nitrogen and oxygen atoms in total. The van der Waals surface area contributed by atoms with Gasteiger partial charge in [0.1, 0.15) is 17.3 Å². The number of halogens is 1. The molecule has 1 aromatic heterocycles. The van der Waals surface area contributed by atoms with Gasteiger partial charge in [0.2, 0.25) is 0 Å². The third-order valence-corrected chi connectivity index (χ3v) is 5.46. The van der Waals surface area contributed by atoms with Crippen LogP contribution in [0.1, 0.15) is 44.2 Å². The van der Waals surface area contributed by atoms with Crippen LogP contribution < -0.4 is 10.2 Å². The van der Waals surface area contributed by atoms with E-state index in [2.05, 4.69) is 10.5 Å². The van der Waals surface area contributed by atoms with Gasteiger partial charge in [-0.1, -0.05) is 5.16 Å². The lowest BCUT2D eigenvalue weighted by atomic mass is 10.1. The SMILES string of the molecule is Cc1cc([C@H]2CCCN2C(=O)Nc2ccc(N3C[C@@H](C)O[C@@H](C)C3)c(F)c2)no1. The van der Waals surface area contributed by atoms with E-state index < -0.39 is 0 Å². The lowest BCUT2D eigenvalue weighted by molar-refractivity contribution is -0.00539. The number of aryl methyl sites for hydroxylation is 1. The van der Waals surface area contributed by atoms with Crippen LogP contribution in [0.2, 0.25) is 0 Å². The van der Waals surface area contributed by atoms with Crippen molar-refractivity contribution < 1.29 is 18.4 Å². The zero-order valence-corrected chi connectivity index (χ0v) is 17.0. The highest BCUT2D eigenvalue weighted by Crippen LogP contribution is 2.32. The fourth-order valence-corrected chi connectivity index (χ4v) is 4.27. The number of hydrogen-bond acceptors (Lipinski definition) is 5. The van der Waals surface area contributed by atoms with E-state index in [0.29, 0.717) is 31.0 Å². The molecule has 3 heterocycles. The molecule has 0 saturated carbocycles. The zero-order valence-electron chi connectivity index (χ0n) is 17.0. The Hall–Kier alpha value is -2.61. The quantitative estimate of drug-likeness (QED) is 0.837. The minimum atomic E-state index is -0.353. The highest BCUT2D eigenvalue weighted by molar-refractivity contribution is 5.90. The summed E-state index contributed by atoms with van der Waals surface area (Å²) < 4.78 is 25.7. The fraction of sp³-hybridized carbons (Fsp3) is 0.524. The minimum Gasteiger partial charge on any atom is -0.372 e. The Labute approximate surface area is 169 Å². The van der Waals surface area contributed by atoms with Gasteiger partial charge in [0, 0.05) is 31.4 Å². The van der Waals surface area contributed by atoms with Gasteiger partial charge in [-0.25, -0.2) is 9.18 Å². The highest BCUT2D eigenvalue weighted by atomic mass is 19.1. The molecule has 2 amide bonds. The maximum Gasteiger partial charge on any atom is 0.322 e. The van der Waals surface area contributed by atoms with E-state index in [9.17, 15) is 9.18 Å². The first-order valence-electron chi connectivity index (χ1n) is 10.1. The normalized spacial score (nSPS) is 24.8. The number of morpholine rings is 1. The summed E-state index contributed by atoms with van der Waals surface area (Å²) in [6.45, 7) is 7.71. The molecule has 1 aromatic carbocycles. The van der Waals surface area contributed by atoms with Gasteiger partial charge in [0.15, 0.2) is 0 Å². The summed E-state index contributed by atoms with van der Waals surface area (Å²) in [5.41, 5.74) is 1.72. The topological polar surface area (TPSA) is 70.8 Å². The molecule has 8 heteroatoms. The third-order valence-electron chi connectivity index (χ3n) is 5.46. The molecule has 1 N–H and O–H groups in total. The number of aromatic nitrogens is 1. The summed E-state index contributed by atoms with van der Waals surface area (Å²) >= 11 is 0. The maximum atomic E-state index is 14.8. The summed E-state index contributed by atoms with van der Waals surface area (Å²) in [6, 6.07) is 6.32. The van der Waals surface area contributed by atoms with Crippen molar-refractivity contribution in [3.63, 3.8) is 0 Å². The molecular weight excluding hydrogens is 375 g/mol. The maximum absolute atomic E-state index is 14.8. The number of ether oxygens (including phenoxy) is 1. The van der Waals surface area contributed by atoms with Crippen LogP contribution in [0.4, 0.5) is 20.6 Å². The third kappa shape index (κ3) is 4.22. The van der Waals surface area contributed by atoms with Crippen molar-refractivity contribution in [1.82, 2.24) is 10.1 Å². The van der Waals surface area contributed by atoms with Gasteiger partial charge in [-0.05, 0) is 51.8 Å². The number of hydrogen-bond donors (Lipinski definition) is 1. The number of likely N-dealkylation sites (tertiary alicyclic amines) is 1. The minimum absolute atomic E-state index is 0.0461. The van der Waals surface area contributed by atoms with Crippen molar-refractivity contribution in [2.24, 2.45) is 0 Å². The standard InChI is InChI=1S/C21H27FN4O3/c1-13-9-18(24-29-13)20-5-4-8-26(20)21(27)23-16-6-7-19(17(22)10-16)25-11-14(2)28-15(3)12-25/h6-7,9-10,14-15,20H,4-5,8,11-12H2,1-3H3,(H,23,27)/t14-,15+,20-/m1/s1. The Bertz CT molecular complexity index is 877. The average molecular weight is 402 g/mol. The number of anilines is 2. The first-order valence-corrected chi connectivity index (χ1v) is 10.1. The van der Waals surface area contributed by atoms with Crippen LogP contribution in [0, 0.1) is 12.7 Å².